The van der Waals surface area contributed by atoms with E-state index in [1.54, 1.807) is 0 Å². The van der Waals surface area contributed by atoms with Crippen LogP contribution in [-0.2, 0) is 0 Å². The van der Waals surface area contributed by atoms with Crippen molar-refractivity contribution in [3.8, 4) is 28.2 Å². The largest absolute Gasteiger partial charge is 0.292 e. The molecule has 0 N–H and O–H groups in total. The van der Waals surface area contributed by atoms with Crippen LogP contribution in [0.3, 0.4) is 0 Å². The van der Waals surface area contributed by atoms with Gasteiger partial charge in [0.15, 0.2) is 0 Å². The lowest BCUT2D eigenvalue weighted by Crippen LogP contribution is -1.99. The van der Waals surface area contributed by atoms with Crippen molar-refractivity contribution >= 4 is 55.3 Å². The van der Waals surface area contributed by atoms with Crippen LogP contribution in [0.15, 0.2) is 121 Å². The lowest BCUT2D eigenvalue weighted by atomic mass is 10.00. The number of para-hydroxylation sites is 1. The molecule has 0 aliphatic heterocycles. The second-order valence-corrected chi connectivity index (χ2v) is 9.91. The minimum atomic E-state index is 0.866. The number of rotatable bonds is 3. The van der Waals surface area contributed by atoms with Crippen LogP contribution < -0.4 is 0 Å². The highest BCUT2D eigenvalue weighted by atomic mass is 32.1. The van der Waals surface area contributed by atoms with Crippen molar-refractivity contribution in [1.82, 2.24) is 18.3 Å². The first-order valence-electron chi connectivity index (χ1n) is 12.6. The Bertz CT molecular complexity index is 2130. The van der Waals surface area contributed by atoms with Crippen LogP contribution in [0.5, 0.6) is 0 Å². The second-order valence-electron chi connectivity index (χ2n) is 9.38. The second kappa shape index (κ2) is 8.33. The number of hydrogen-bond donors (Lipinski definition) is 0. The molecule has 38 heavy (non-hydrogen) atoms. The quantitative estimate of drug-likeness (QED) is 0.226. The molecule has 8 aromatic rings. The van der Waals surface area contributed by atoms with Gasteiger partial charge in [-0.1, -0.05) is 103 Å². The van der Waals surface area contributed by atoms with Crippen LogP contribution in [0, 0.1) is 0 Å². The van der Waals surface area contributed by atoms with E-state index in [2.05, 4.69) is 114 Å². The average Bonchev–Trinajstić information content (AvgIpc) is 3.64. The summed E-state index contributed by atoms with van der Waals surface area (Å²) in [6.07, 6.45) is 0. The third kappa shape index (κ3) is 3.06. The summed E-state index contributed by atoms with van der Waals surface area (Å²) in [6.45, 7) is 0. The van der Waals surface area contributed by atoms with Crippen LogP contribution in [-0.4, -0.2) is 18.3 Å². The van der Waals surface area contributed by atoms with Crippen LogP contribution in [0.25, 0.3) is 71.8 Å². The standard InChI is InChI=1S/C33H20N4S/c1-3-11-21(12-4-1)23-19-20-28(30-29(23)35-38-36-30)33-34-31-26-17-9-7-15-24(26)25-16-8-10-18-27(25)32(31)37(33)22-13-5-2-6-14-22/h1-20H. The summed E-state index contributed by atoms with van der Waals surface area (Å²) in [5.74, 6) is 0.866. The Morgan fingerprint density at radius 3 is 1.76 bits per heavy atom. The van der Waals surface area contributed by atoms with Crippen LogP contribution >= 0.6 is 11.7 Å². The van der Waals surface area contributed by atoms with E-state index in [1.165, 1.54) is 27.9 Å². The molecule has 0 fully saturated rings. The van der Waals surface area contributed by atoms with Gasteiger partial charge in [0.05, 0.1) is 22.8 Å². The minimum Gasteiger partial charge on any atom is -0.292 e. The molecule has 6 aromatic carbocycles. The number of aromatic nitrogens is 4. The van der Waals surface area contributed by atoms with E-state index in [-0.39, 0.29) is 0 Å². The van der Waals surface area contributed by atoms with E-state index in [1.807, 2.05) is 12.1 Å². The van der Waals surface area contributed by atoms with Crippen molar-refractivity contribution < 1.29 is 0 Å². The van der Waals surface area contributed by atoms with Crippen LogP contribution in [0.2, 0.25) is 0 Å². The fourth-order valence-corrected chi connectivity index (χ4v) is 6.19. The van der Waals surface area contributed by atoms with Gasteiger partial charge in [-0.05, 0) is 34.5 Å². The fourth-order valence-electron chi connectivity index (χ4n) is 5.61. The van der Waals surface area contributed by atoms with Gasteiger partial charge in [0.1, 0.15) is 16.9 Å². The zero-order valence-corrected chi connectivity index (χ0v) is 21.1. The summed E-state index contributed by atoms with van der Waals surface area (Å²) in [5.41, 5.74) is 8.11. The predicted molar refractivity (Wildman–Crippen MR) is 158 cm³/mol. The van der Waals surface area contributed by atoms with Gasteiger partial charge in [0, 0.05) is 27.6 Å². The molecular formula is C33H20N4S. The molecule has 2 heterocycles. The SMILES string of the molecule is c1ccc(-c2ccc(-c3nc4c5ccccc5c5ccccc5c4n3-c3ccccc3)c3nsnc23)cc1. The molecule has 8 rings (SSSR count). The van der Waals surface area contributed by atoms with Gasteiger partial charge in [-0.2, -0.15) is 8.75 Å². The highest BCUT2D eigenvalue weighted by Crippen LogP contribution is 2.41. The molecule has 0 amide bonds. The van der Waals surface area contributed by atoms with Gasteiger partial charge in [-0.15, -0.1) is 0 Å². The molecule has 178 valence electrons. The van der Waals surface area contributed by atoms with Crippen molar-refractivity contribution in [2.24, 2.45) is 0 Å². The molecule has 0 atom stereocenters. The fraction of sp³-hybridized carbons (Fsp3) is 0. The van der Waals surface area contributed by atoms with E-state index < -0.39 is 0 Å². The molecule has 2 aromatic heterocycles. The number of hydrogen-bond acceptors (Lipinski definition) is 4. The Morgan fingerprint density at radius 1 is 0.474 bits per heavy atom. The average molecular weight is 505 g/mol. The van der Waals surface area contributed by atoms with E-state index in [4.69, 9.17) is 13.7 Å². The van der Waals surface area contributed by atoms with Crippen molar-refractivity contribution in [2.75, 3.05) is 0 Å². The van der Waals surface area contributed by atoms with Gasteiger partial charge in [-0.25, -0.2) is 4.98 Å². The molecular weight excluding hydrogens is 484 g/mol. The maximum Gasteiger partial charge on any atom is 0.148 e. The van der Waals surface area contributed by atoms with Crippen molar-refractivity contribution in [1.29, 1.82) is 0 Å². The van der Waals surface area contributed by atoms with E-state index in [9.17, 15) is 0 Å². The van der Waals surface area contributed by atoms with Crippen LogP contribution in [0.4, 0.5) is 0 Å². The highest BCUT2D eigenvalue weighted by molar-refractivity contribution is 7.00. The number of imidazole rings is 1. The lowest BCUT2D eigenvalue weighted by molar-refractivity contribution is 1.11. The van der Waals surface area contributed by atoms with Gasteiger partial charge in [0.2, 0.25) is 0 Å². The van der Waals surface area contributed by atoms with Crippen LogP contribution in [0.1, 0.15) is 0 Å². The van der Waals surface area contributed by atoms with Gasteiger partial charge in [0.25, 0.3) is 0 Å². The minimum absolute atomic E-state index is 0.866. The van der Waals surface area contributed by atoms with Crippen molar-refractivity contribution in [2.45, 2.75) is 0 Å². The third-order valence-electron chi connectivity index (χ3n) is 7.29. The van der Waals surface area contributed by atoms with E-state index in [0.717, 1.165) is 55.7 Å². The Labute approximate surface area is 222 Å². The first-order chi connectivity index (χ1) is 18.9. The van der Waals surface area contributed by atoms with Gasteiger partial charge in [-0.3, -0.25) is 4.57 Å². The zero-order valence-electron chi connectivity index (χ0n) is 20.2. The van der Waals surface area contributed by atoms with E-state index >= 15 is 0 Å². The lowest BCUT2D eigenvalue weighted by Gasteiger charge is -2.13. The molecule has 0 radical (unpaired) electrons. The Morgan fingerprint density at radius 2 is 1.03 bits per heavy atom. The summed E-state index contributed by atoms with van der Waals surface area (Å²) in [7, 11) is 0. The number of nitrogens with zero attached hydrogens (tertiary/aromatic N) is 4. The Hall–Kier alpha value is -4.87. The maximum absolute atomic E-state index is 5.37. The topological polar surface area (TPSA) is 43.6 Å². The molecule has 0 aliphatic rings. The molecule has 0 aliphatic carbocycles. The monoisotopic (exact) mass is 504 g/mol. The molecule has 0 bridgehead atoms. The molecule has 0 unspecified atom stereocenters. The van der Waals surface area contributed by atoms with Gasteiger partial charge >= 0.3 is 0 Å². The first-order valence-corrected chi connectivity index (χ1v) is 13.3. The molecule has 0 saturated heterocycles. The maximum atomic E-state index is 5.37. The Balaban J connectivity index is 1.54. The summed E-state index contributed by atoms with van der Waals surface area (Å²) >= 11 is 1.25. The summed E-state index contributed by atoms with van der Waals surface area (Å²) in [6, 6.07) is 42.3. The highest BCUT2D eigenvalue weighted by Gasteiger charge is 2.23. The normalized spacial score (nSPS) is 11.7. The third-order valence-corrected chi connectivity index (χ3v) is 7.82. The van der Waals surface area contributed by atoms with Crippen molar-refractivity contribution in [3.05, 3.63) is 121 Å². The van der Waals surface area contributed by atoms with Crippen molar-refractivity contribution in [3.63, 3.8) is 0 Å². The smallest absolute Gasteiger partial charge is 0.148 e. The Kier molecular flexibility index (Phi) is 4.66. The van der Waals surface area contributed by atoms with E-state index in [0.29, 0.717) is 0 Å². The molecule has 4 nitrogen and oxygen atoms in total. The molecule has 0 spiro atoms. The summed E-state index contributed by atoms with van der Waals surface area (Å²) in [4.78, 5) is 5.37. The summed E-state index contributed by atoms with van der Waals surface area (Å²) in [5, 5.41) is 4.75. The molecule has 5 heteroatoms. The predicted octanol–water partition coefficient (Wildman–Crippen LogP) is 8.67. The number of fused-ring (bicyclic) bond motifs is 7. The number of benzene rings is 6. The summed E-state index contributed by atoms with van der Waals surface area (Å²) < 4.78 is 11.8. The first kappa shape index (κ1) is 21.2. The van der Waals surface area contributed by atoms with Gasteiger partial charge < -0.3 is 0 Å². The zero-order chi connectivity index (χ0) is 25.1. The molecule has 0 saturated carbocycles.